The lowest BCUT2D eigenvalue weighted by atomic mass is 9.69. The molecule has 0 bridgehead atoms. The van der Waals surface area contributed by atoms with Crippen molar-refractivity contribution in [2.45, 2.75) is 37.8 Å². The van der Waals surface area contributed by atoms with Gasteiger partial charge in [0.15, 0.2) is 0 Å². The largest absolute Gasteiger partial charge is 0.466 e. The predicted octanol–water partition coefficient (Wildman–Crippen LogP) is 5.25. The molecule has 3 heterocycles. The molecule has 7 rings (SSSR count). The fraction of sp³-hybridized carbons (Fsp3) is 0.282. The number of hydrogen-bond donors (Lipinski definition) is 2. The van der Waals surface area contributed by atoms with Gasteiger partial charge in [0, 0.05) is 35.1 Å². The number of rotatable bonds is 7. The molecular weight excluding hydrogens is 558 g/mol. The fourth-order valence-corrected chi connectivity index (χ4v) is 7.91. The van der Waals surface area contributed by atoms with Crippen LogP contribution < -0.4 is 4.90 Å². The van der Waals surface area contributed by atoms with Gasteiger partial charge in [0.2, 0.25) is 5.91 Å². The van der Waals surface area contributed by atoms with E-state index in [9.17, 15) is 4.79 Å². The summed E-state index contributed by atoms with van der Waals surface area (Å²) in [6.45, 7) is 4.91. The number of aromatic nitrogens is 1. The van der Waals surface area contributed by atoms with Crippen LogP contribution in [0.3, 0.4) is 0 Å². The highest BCUT2D eigenvalue weighted by Gasteiger charge is 2.59. The van der Waals surface area contributed by atoms with E-state index in [-0.39, 0.29) is 11.9 Å². The first kappa shape index (κ1) is 29.1. The average Bonchev–Trinajstić information content (AvgIpc) is 3.47. The number of carbonyl (C=O) groups excluding carboxylic acids is 2. The number of likely N-dealkylation sites (tertiary alicyclic amines) is 1. The predicted molar refractivity (Wildman–Crippen MR) is 176 cm³/mol. The molecule has 1 fully saturated rings. The second-order valence-corrected chi connectivity index (χ2v) is 12.4. The van der Waals surface area contributed by atoms with Crippen molar-refractivity contribution in [1.29, 1.82) is 0 Å². The molecule has 4 aromatic carbocycles. The van der Waals surface area contributed by atoms with Gasteiger partial charge >= 0.3 is 5.97 Å². The number of benzene rings is 4. The van der Waals surface area contributed by atoms with Gasteiger partial charge in [0.05, 0.1) is 25.6 Å². The summed E-state index contributed by atoms with van der Waals surface area (Å²) in [4.78, 5) is 36.6. The lowest BCUT2D eigenvalue weighted by Crippen LogP contribution is -3.13. The number of ether oxygens (including phenoxy) is 1. The first-order chi connectivity index (χ1) is 22.1. The summed E-state index contributed by atoms with van der Waals surface area (Å²) >= 11 is 0. The van der Waals surface area contributed by atoms with Crippen LogP contribution in [-0.2, 0) is 32.8 Å². The van der Waals surface area contributed by atoms with Crippen molar-refractivity contribution in [1.82, 2.24) is 9.88 Å². The zero-order chi connectivity index (χ0) is 30.8. The molecule has 6 heteroatoms. The number of amides is 1. The van der Waals surface area contributed by atoms with Crippen LogP contribution in [0.1, 0.15) is 47.2 Å². The summed E-state index contributed by atoms with van der Waals surface area (Å²) in [5, 5.41) is 1.17. The summed E-state index contributed by atoms with van der Waals surface area (Å²) < 4.78 is 5.85. The van der Waals surface area contributed by atoms with E-state index in [1.807, 2.05) is 79.7 Å². The number of hydrogen-bond acceptors (Lipinski definition) is 3. The Labute approximate surface area is 264 Å². The van der Waals surface area contributed by atoms with Gasteiger partial charge in [0.25, 0.3) is 0 Å². The summed E-state index contributed by atoms with van der Waals surface area (Å²) in [7, 11) is 0. The van der Waals surface area contributed by atoms with Crippen LogP contribution in [0.15, 0.2) is 115 Å². The number of nitrogens with one attached hydrogen (secondary N) is 2. The Morgan fingerprint density at radius 1 is 0.889 bits per heavy atom. The van der Waals surface area contributed by atoms with Gasteiger partial charge in [-0.25, -0.2) is 0 Å². The standard InChI is InChI=1S/C39H39N3O3/c1-2-45-38(44)33-27-41(26-28-14-6-3-7-15-28)25-23-39(33)36-32(31-20-12-13-21-34(31)40-36)22-24-42(39)37(43)35(29-16-8-4-9-17-29)30-18-10-5-11-19-30/h3-21,33,35,40H,2,22-27H2,1H3/p+1/t33-,39+/m1/s1. The SMILES string of the molecule is CCOC(=O)[C@H]1C[NH+](Cc2ccccc2)CC[C@@]12c1[nH]c3ccccc3c1CCN2C(=O)C(c1ccccc1)c1ccccc1. The first-order valence-corrected chi connectivity index (χ1v) is 16.2. The van der Waals surface area contributed by atoms with Gasteiger partial charge in [-0.3, -0.25) is 9.59 Å². The van der Waals surface area contributed by atoms with Crippen LogP contribution in [0.25, 0.3) is 10.9 Å². The third-order valence-electron chi connectivity index (χ3n) is 9.89. The number of fused-ring (bicyclic) bond motifs is 4. The quantitative estimate of drug-likeness (QED) is 0.252. The Balaban J connectivity index is 1.38. The van der Waals surface area contributed by atoms with E-state index in [0.717, 1.165) is 41.8 Å². The minimum absolute atomic E-state index is 0.0255. The number of nitrogens with zero attached hydrogens (tertiary/aromatic N) is 1. The number of carbonyl (C=O) groups is 2. The molecule has 0 aliphatic carbocycles. The molecule has 2 aliphatic heterocycles. The molecule has 1 unspecified atom stereocenters. The van der Waals surface area contributed by atoms with Crippen molar-refractivity contribution in [3.63, 3.8) is 0 Å². The van der Waals surface area contributed by atoms with Crippen molar-refractivity contribution in [3.05, 3.63) is 143 Å². The van der Waals surface area contributed by atoms with Gasteiger partial charge in [-0.15, -0.1) is 0 Å². The van der Waals surface area contributed by atoms with Crippen molar-refractivity contribution in [2.75, 3.05) is 26.2 Å². The number of H-pyrrole nitrogens is 1. The highest BCUT2D eigenvalue weighted by Crippen LogP contribution is 2.48. The molecule has 3 atom stereocenters. The molecular formula is C39H40N3O3+. The van der Waals surface area contributed by atoms with Gasteiger partial charge in [0.1, 0.15) is 18.0 Å². The van der Waals surface area contributed by atoms with Crippen LogP contribution in [0.2, 0.25) is 0 Å². The van der Waals surface area contributed by atoms with E-state index >= 15 is 4.79 Å². The van der Waals surface area contributed by atoms with Gasteiger partial charge in [-0.05, 0) is 36.1 Å². The smallest absolute Gasteiger partial charge is 0.317 e. The van der Waals surface area contributed by atoms with E-state index in [0.29, 0.717) is 26.1 Å². The van der Waals surface area contributed by atoms with Gasteiger partial charge in [-0.2, -0.15) is 0 Å². The normalized spacial score (nSPS) is 21.2. The van der Waals surface area contributed by atoms with Crippen molar-refractivity contribution in [2.24, 2.45) is 5.92 Å². The molecule has 1 spiro atoms. The molecule has 5 aromatic rings. The van der Waals surface area contributed by atoms with Crippen LogP contribution in [0.5, 0.6) is 0 Å². The number of aromatic amines is 1. The molecule has 1 saturated heterocycles. The minimum Gasteiger partial charge on any atom is -0.466 e. The third kappa shape index (κ3) is 5.23. The van der Waals surface area contributed by atoms with Crippen molar-refractivity contribution < 1.29 is 19.2 Å². The van der Waals surface area contributed by atoms with Crippen molar-refractivity contribution in [3.8, 4) is 0 Å². The van der Waals surface area contributed by atoms with Gasteiger partial charge in [-0.1, -0.05) is 109 Å². The van der Waals surface area contributed by atoms with E-state index in [1.165, 1.54) is 21.4 Å². The third-order valence-corrected chi connectivity index (χ3v) is 9.89. The Bertz CT molecular complexity index is 1750. The summed E-state index contributed by atoms with van der Waals surface area (Å²) in [5.41, 5.74) is 5.53. The highest BCUT2D eigenvalue weighted by molar-refractivity contribution is 5.91. The van der Waals surface area contributed by atoms with Crippen molar-refractivity contribution >= 4 is 22.8 Å². The van der Waals surface area contributed by atoms with E-state index < -0.39 is 17.4 Å². The van der Waals surface area contributed by atoms with Crippen LogP contribution >= 0.6 is 0 Å². The second-order valence-electron chi connectivity index (χ2n) is 12.4. The zero-order valence-corrected chi connectivity index (χ0v) is 25.7. The Morgan fingerprint density at radius 2 is 1.51 bits per heavy atom. The molecule has 0 radical (unpaired) electrons. The average molecular weight is 599 g/mol. The monoisotopic (exact) mass is 598 g/mol. The molecule has 6 nitrogen and oxygen atoms in total. The first-order valence-electron chi connectivity index (χ1n) is 16.2. The Hall–Kier alpha value is -4.68. The molecule has 1 amide bonds. The van der Waals surface area contributed by atoms with Crippen LogP contribution in [0, 0.1) is 5.92 Å². The molecule has 1 aromatic heterocycles. The van der Waals surface area contributed by atoms with E-state index in [4.69, 9.17) is 4.74 Å². The topological polar surface area (TPSA) is 66.8 Å². The van der Waals surface area contributed by atoms with Crippen LogP contribution in [0.4, 0.5) is 0 Å². The number of esters is 1. The number of para-hydroxylation sites is 1. The molecule has 2 N–H and O–H groups in total. The Kier molecular flexibility index (Phi) is 7.99. The molecule has 45 heavy (non-hydrogen) atoms. The second kappa shape index (κ2) is 12.4. The van der Waals surface area contributed by atoms with Crippen LogP contribution in [-0.4, -0.2) is 48.0 Å². The molecule has 0 saturated carbocycles. The van der Waals surface area contributed by atoms with E-state index in [1.54, 1.807) is 0 Å². The summed E-state index contributed by atoms with van der Waals surface area (Å²) in [5.74, 6) is -1.23. The summed E-state index contributed by atoms with van der Waals surface area (Å²) in [6.07, 6.45) is 1.37. The Morgan fingerprint density at radius 3 is 2.18 bits per heavy atom. The van der Waals surface area contributed by atoms with Gasteiger partial charge < -0.3 is 19.5 Å². The fourth-order valence-electron chi connectivity index (χ4n) is 7.91. The lowest BCUT2D eigenvalue weighted by molar-refractivity contribution is -0.923. The molecule has 228 valence electrons. The lowest BCUT2D eigenvalue weighted by Gasteiger charge is -2.53. The summed E-state index contributed by atoms with van der Waals surface area (Å²) in [6, 6.07) is 38.9. The minimum atomic E-state index is -0.863. The zero-order valence-electron chi connectivity index (χ0n) is 25.7. The maximum Gasteiger partial charge on any atom is 0.317 e. The van der Waals surface area contributed by atoms with E-state index in [2.05, 4.69) is 52.3 Å². The maximum atomic E-state index is 15.2. The maximum absolute atomic E-state index is 15.2. The highest BCUT2D eigenvalue weighted by atomic mass is 16.5. The number of piperidine rings is 1. The molecule has 2 aliphatic rings. The number of quaternary nitrogens is 1.